The molecular formula is C26H30F3N3O3. The molecule has 1 saturated heterocycles. The van der Waals surface area contributed by atoms with Gasteiger partial charge in [-0.05, 0) is 55.3 Å². The van der Waals surface area contributed by atoms with Gasteiger partial charge in [-0.3, -0.25) is 9.80 Å². The van der Waals surface area contributed by atoms with E-state index < -0.39 is 36.2 Å². The normalized spacial score (nSPS) is 21.3. The molecule has 0 unspecified atom stereocenters. The minimum atomic E-state index is -4.61. The minimum Gasteiger partial charge on any atom is -0.490 e. The van der Waals surface area contributed by atoms with Crippen molar-refractivity contribution in [3.63, 3.8) is 0 Å². The molecule has 0 bridgehead atoms. The van der Waals surface area contributed by atoms with Crippen LogP contribution in [0.3, 0.4) is 0 Å². The molecule has 0 spiro atoms. The van der Waals surface area contributed by atoms with Gasteiger partial charge in [-0.25, -0.2) is 0 Å². The van der Waals surface area contributed by atoms with Crippen molar-refractivity contribution in [2.45, 2.75) is 58.4 Å². The molecule has 4 rings (SSSR count). The van der Waals surface area contributed by atoms with Crippen LogP contribution in [0.5, 0.6) is 5.75 Å². The van der Waals surface area contributed by atoms with E-state index in [-0.39, 0.29) is 6.10 Å². The molecular weight excluding hydrogens is 459 g/mol. The Bertz CT molecular complexity index is 1090. The van der Waals surface area contributed by atoms with Crippen molar-refractivity contribution < 1.29 is 27.8 Å². The van der Waals surface area contributed by atoms with Gasteiger partial charge < -0.3 is 14.7 Å². The molecule has 6 nitrogen and oxygen atoms in total. The van der Waals surface area contributed by atoms with Crippen LogP contribution in [0.4, 0.5) is 24.5 Å². The lowest BCUT2D eigenvalue weighted by Gasteiger charge is -2.34. The summed E-state index contributed by atoms with van der Waals surface area (Å²) >= 11 is 0. The summed E-state index contributed by atoms with van der Waals surface area (Å²) in [5.74, 6) is -1.59. The van der Waals surface area contributed by atoms with Gasteiger partial charge in [0.25, 0.3) is 0 Å². The van der Waals surface area contributed by atoms with Crippen molar-refractivity contribution in [2.24, 2.45) is 11.0 Å². The molecule has 0 aromatic heterocycles. The van der Waals surface area contributed by atoms with Crippen molar-refractivity contribution in [1.82, 2.24) is 0 Å². The average Bonchev–Trinajstić information content (AvgIpc) is 3.12. The number of hydrogen-bond acceptors (Lipinski definition) is 5. The number of carboxylic acid groups (broad SMARTS) is 1. The quantitative estimate of drug-likeness (QED) is 0.575. The second-order valence-electron chi connectivity index (χ2n) is 9.37. The summed E-state index contributed by atoms with van der Waals surface area (Å²) in [5.41, 5.74) is 3.18. The number of halogens is 3. The third-order valence-electron chi connectivity index (χ3n) is 6.76. The van der Waals surface area contributed by atoms with Gasteiger partial charge >= 0.3 is 12.1 Å². The molecule has 0 amide bonds. The zero-order valence-corrected chi connectivity index (χ0v) is 20.0. The van der Waals surface area contributed by atoms with Crippen molar-refractivity contribution in [3.05, 3.63) is 53.6 Å². The van der Waals surface area contributed by atoms with Crippen LogP contribution >= 0.6 is 0 Å². The zero-order chi connectivity index (χ0) is 25.3. The smallest absolute Gasteiger partial charge is 0.431 e. The monoisotopic (exact) mass is 489 g/mol. The number of aliphatic carboxylic acids is 1. The largest absolute Gasteiger partial charge is 0.490 e. The van der Waals surface area contributed by atoms with Gasteiger partial charge in [0.1, 0.15) is 17.6 Å². The first kappa shape index (κ1) is 24.9. The van der Waals surface area contributed by atoms with Gasteiger partial charge in [-0.15, -0.1) is 0 Å². The van der Waals surface area contributed by atoms with Crippen molar-refractivity contribution in [1.29, 1.82) is 0 Å². The first-order valence-electron chi connectivity index (χ1n) is 11.8. The number of hydrazone groups is 1. The fourth-order valence-electron chi connectivity index (χ4n) is 4.83. The van der Waals surface area contributed by atoms with Crippen LogP contribution in [0.1, 0.15) is 37.3 Å². The van der Waals surface area contributed by atoms with E-state index in [4.69, 9.17) is 4.74 Å². The van der Waals surface area contributed by atoms with Gasteiger partial charge in [-0.2, -0.15) is 18.3 Å². The Morgan fingerprint density at radius 3 is 2.37 bits per heavy atom. The van der Waals surface area contributed by atoms with Gasteiger partial charge in [0, 0.05) is 37.5 Å². The lowest BCUT2D eigenvalue weighted by Crippen LogP contribution is -2.38. The Kier molecular flexibility index (Phi) is 6.96. The molecule has 2 aliphatic heterocycles. The van der Waals surface area contributed by atoms with Crippen molar-refractivity contribution in [3.8, 4) is 5.75 Å². The molecule has 0 aliphatic carbocycles. The second kappa shape index (κ2) is 9.79. The van der Waals surface area contributed by atoms with Gasteiger partial charge in [-0.1, -0.05) is 19.1 Å². The third-order valence-corrected chi connectivity index (χ3v) is 6.76. The molecule has 35 heavy (non-hydrogen) atoms. The fourth-order valence-corrected chi connectivity index (χ4v) is 4.83. The lowest BCUT2D eigenvalue weighted by molar-refractivity contribution is -0.137. The first-order valence-corrected chi connectivity index (χ1v) is 11.8. The van der Waals surface area contributed by atoms with Crippen LogP contribution < -0.4 is 14.6 Å². The molecule has 0 saturated carbocycles. The van der Waals surface area contributed by atoms with Crippen LogP contribution in [0.25, 0.3) is 0 Å². The van der Waals surface area contributed by atoms with Crippen LogP contribution in [-0.4, -0.2) is 48.2 Å². The standard InChI is InChI=1S/C26H30F3N3O3/c1-16-4-5-17(2)22(14-16)31-12-10-21(11-13-31)35-20-8-6-19(7-9-20)32-23(15-24(33)34)18(3)25(30-32)26(27,28)29/h4-9,14,18,21,23H,10-13,15H2,1-3H3,(H,33,34)/t18-,23-/m0/s1. The number of carboxylic acids is 1. The molecule has 2 aliphatic rings. The summed E-state index contributed by atoms with van der Waals surface area (Å²) in [6, 6.07) is 12.2. The molecule has 2 heterocycles. The summed E-state index contributed by atoms with van der Waals surface area (Å²) in [5, 5.41) is 14.1. The van der Waals surface area contributed by atoms with Crippen molar-refractivity contribution in [2.75, 3.05) is 23.0 Å². The van der Waals surface area contributed by atoms with Crippen LogP contribution in [-0.2, 0) is 4.79 Å². The second-order valence-corrected chi connectivity index (χ2v) is 9.37. The summed E-state index contributed by atoms with van der Waals surface area (Å²) in [4.78, 5) is 13.6. The predicted octanol–water partition coefficient (Wildman–Crippen LogP) is 5.57. The van der Waals surface area contributed by atoms with E-state index in [1.54, 1.807) is 24.3 Å². The van der Waals surface area contributed by atoms with E-state index in [2.05, 4.69) is 42.0 Å². The van der Waals surface area contributed by atoms with Crippen molar-refractivity contribution >= 4 is 23.1 Å². The molecule has 2 atom stereocenters. The van der Waals surface area contributed by atoms with Gasteiger partial charge in [0.15, 0.2) is 0 Å². The van der Waals surface area contributed by atoms with E-state index in [1.807, 2.05) is 0 Å². The number of ether oxygens (including phenoxy) is 1. The summed E-state index contributed by atoms with van der Waals surface area (Å²) < 4.78 is 46.3. The van der Waals surface area contributed by atoms with E-state index in [0.717, 1.165) is 25.9 Å². The summed E-state index contributed by atoms with van der Waals surface area (Å²) in [6.45, 7) is 7.32. The topological polar surface area (TPSA) is 65.4 Å². The Balaban J connectivity index is 1.41. The predicted molar refractivity (Wildman–Crippen MR) is 129 cm³/mol. The highest BCUT2D eigenvalue weighted by atomic mass is 19.4. The van der Waals surface area contributed by atoms with Crippen LogP contribution in [0.2, 0.25) is 0 Å². The fraction of sp³-hybridized carbons (Fsp3) is 0.462. The Morgan fingerprint density at radius 1 is 1.11 bits per heavy atom. The SMILES string of the molecule is Cc1ccc(C)c(N2CCC(Oc3ccc(N4N=C(C(F)(F)F)[C@@H](C)[C@@H]4CC(=O)O)cc3)CC2)c1. The molecule has 188 valence electrons. The van der Waals surface area contributed by atoms with Crippen LogP contribution in [0.15, 0.2) is 47.6 Å². The minimum absolute atomic E-state index is 0.0450. The number of hydrogen-bond donors (Lipinski definition) is 1. The summed E-state index contributed by atoms with van der Waals surface area (Å²) in [6.07, 6.45) is -3.29. The molecule has 1 N–H and O–H groups in total. The highest BCUT2D eigenvalue weighted by Crippen LogP contribution is 2.37. The Morgan fingerprint density at radius 2 is 1.77 bits per heavy atom. The molecule has 1 fully saturated rings. The molecule has 2 aromatic rings. The number of rotatable bonds is 6. The summed E-state index contributed by atoms with van der Waals surface area (Å²) in [7, 11) is 0. The number of carbonyl (C=O) groups is 1. The third kappa shape index (κ3) is 5.55. The molecule has 9 heteroatoms. The number of benzene rings is 2. The maximum Gasteiger partial charge on any atom is 0.431 e. The van der Waals surface area contributed by atoms with E-state index in [1.165, 1.54) is 28.7 Å². The zero-order valence-electron chi connectivity index (χ0n) is 20.0. The Labute approximate surface area is 203 Å². The lowest BCUT2D eigenvalue weighted by atomic mass is 9.94. The maximum atomic E-state index is 13.4. The van der Waals surface area contributed by atoms with E-state index in [0.29, 0.717) is 11.4 Å². The first-order chi connectivity index (χ1) is 16.5. The maximum absolute atomic E-state index is 13.4. The number of nitrogens with zero attached hydrogens (tertiary/aromatic N) is 3. The highest BCUT2D eigenvalue weighted by Gasteiger charge is 2.48. The Hall–Kier alpha value is -3.23. The number of anilines is 2. The number of alkyl halides is 3. The number of piperidine rings is 1. The molecule has 0 radical (unpaired) electrons. The molecule has 2 aromatic carbocycles. The van der Waals surface area contributed by atoms with E-state index >= 15 is 0 Å². The number of aryl methyl sites for hydroxylation is 2. The van der Waals surface area contributed by atoms with Crippen LogP contribution in [0, 0.1) is 19.8 Å². The highest BCUT2D eigenvalue weighted by molar-refractivity contribution is 5.95. The average molecular weight is 490 g/mol. The van der Waals surface area contributed by atoms with Gasteiger partial charge in [0.05, 0.1) is 18.2 Å². The van der Waals surface area contributed by atoms with E-state index in [9.17, 15) is 23.1 Å². The van der Waals surface area contributed by atoms with Gasteiger partial charge in [0.2, 0.25) is 0 Å².